The zero-order chi connectivity index (χ0) is 45.0. The maximum absolute atomic E-state index is 2.68. The molecule has 4 aromatic rings. The molecule has 0 saturated heterocycles. The van der Waals surface area contributed by atoms with Crippen LogP contribution in [0.1, 0.15) is 124 Å². The molecule has 0 N–H and O–H groups in total. The predicted octanol–water partition coefficient (Wildman–Crippen LogP) is 15.3. The van der Waals surface area contributed by atoms with E-state index in [0.29, 0.717) is 23.7 Å². The highest BCUT2D eigenvalue weighted by Gasteiger charge is 2.34. The van der Waals surface area contributed by atoms with Crippen molar-refractivity contribution >= 4 is 74.7 Å². The van der Waals surface area contributed by atoms with Crippen LogP contribution in [0.2, 0.25) is 90.7 Å². The normalized spacial score (nSPS) is 17.0. The first-order valence-electron chi connectivity index (χ1n) is 24.1. The van der Waals surface area contributed by atoms with Gasteiger partial charge in [0, 0.05) is 21.4 Å². The number of hydrogen-bond donors (Lipinski definition) is 0. The van der Waals surface area contributed by atoms with Crippen LogP contribution in [-0.4, -0.2) is 41.8 Å². The third-order valence-electron chi connectivity index (χ3n) is 13.9. The molecule has 2 radical (unpaired) electrons. The summed E-state index contributed by atoms with van der Waals surface area (Å²) >= 11 is 0. The lowest BCUT2D eigenvalue weighted by molar-refractivity contribution is 0.780. The molecule has 326 valence electrons. The Labute approximate surface area is 381 Å². The van der Waals surface area contributed by atoms with Crippen molar-refractivity contribution in [3.05, 3.63) is 105 Å². The SMILES string of the molecule is CCCC1=Cc2c(ccc(C(C)C)c2-c2cc([Si](C)(C)C)cc([Si](C)(C)C)c2)C1C[Si]CC1C(CCC)=Cc2c1ccc(C(C)C)c2-c1cc([Si](C)(C)C)cc([Si](C)(C)C)c1. The summed E-state index contributed by atoms with van der Waals surface area (Å²) in [6.45, 7) is 44.7. The van der Waals surface area contributed by atoms with Gasteiger partial charge in [0.25, 0.3) is 0 Å². The molecule has 0 spiro atoms. The second kappa shape index (κ2) is 18.1. The van der Waals surface area contributed by atoms with Crippen LogP contribution in [0.5, 0.6) is 0 Å². The van der Waals surface area contributed by atoms with E-state index in [-0.39, 0.29) is 0 Å². The Morgan fingerprint density at radius 1 is 0.459 bits per heavy atom. The predicted molar refractivity (Wildman–Crippen MR) is 290 cm³/mol. The standard InChI is InChI=1S/C56H82Si5/c1-19-21-39-31-51-49(25-23-47(37(3)4)55(51)41-27-43(58(7,8)9)33-44(28-41)59(10,11)12)53(39)35-57-36-54-40(22-20-2)32-52-50(54)26-24-48(38(5)6)56(52)42-29-45(60(13,14)15)34-46(30-42)61(16,17)18/h23-34,37-38,53-54H,19-22,35-36H2,1-18H3. The van der Waals surface area contributed by atoms with E-state index in [4.69, 9.17) is 0 Å². The highest BCUT2D eigenvalue weighted by Crippen LogP contribution is 2.50. The second-order valence-corrected chi connectivity index (χ2v) is 45.3. The van der Waals surface area contributed by atoms with E-state index in [0.717, 1.165) is 9.52 Å². The van der Waals surface area contributed by atoms with Gasteiger partial charge < -0.3 is 0 Å². The van der Waals surface area contributed by atoms with Crippen LogP contribution in [0.15, 0.2) is 71.8 Å². The van der Waals surface area contributed by atoms with E-state index < -0.39 is 32.3 Å². The number of benzene rings is 4. The van der Waals surface area contributed by atoms with Gasteiger partial charge in [0.05, 0.1) is 32.3 Å². The fraction of sp³-hybridized carbons (Fsp3) is 0.500. The summed E-state index contributed by atoms with van der Waals surface area (Å²) < 4.78 is 0. The third kappa shape index (κ3) is 10.2. The Hall–Kier alpha value is -2.56. The summed E-state index contributed by atoms with van der Waals surface area (Å²) in [5, 5.41) is 6.45. The summed E-state index contributed by atoms with van der Waals surface area (Å²) in [6.07, 6.45) is 10.2. The van der Waals surface area contributed by atoms with Crippen molar-refractivity contribution in [3.63, 3.8) is 0 Å². The summed E-state index contributed by atoms with van der Waals surface area (Å²) in [5.74, 6) is 1.99. The Morgan fingerprint density at radius 2 is 0.770 bits per heavy atom. The average Bonchev–Trinajstić information content (AvgIpc) is 3.69. The van der Waals surface area contributed by atoms with Gasteiger partial charge in [-0.2, -0.15) is 0 Å². The number of allylic oxidation sites excluding steroid dienone is 2. The molecule has 4 aromatic carbocycles. The van der Waals surface area contributed by atoms with Crippen LogP contribution < -0.4 is 20.7 Å². The smallest absolute Gasteiger partial charge is 0.0656 e. The summed E-state index contributed by atoms with van der Waals surface area (Å²) in [4.78, 5) is 0. The van der Waals surface area contributed by atoms with E-state index in [2.05, 4.69) is 193 Å². The lowest BCUT2D eigenvalue weighted by atomic mass is 9.85. The fourth-order valence-electron chi connectivity index (χ4n) is 10.0. The molecule has 2 aliphatic rings. The van der Waals surface area contributed by atoms with Crippen molar-refractivity contribution in [3.8, 4) is 22.3 Å². The van der Waals surface area contributed by atoms with Gasteiger partial charge in [-0.1, -0.05) is 250 Å². The van der Waals surface area contributed by atoms with Crippen LogP contribution in [0, 0.1) is 0 Å². The lowest BCUT2D eigenvalue weighted by Gasteiger charge is -2.27. The molecule has 0 amide bonds. The highest BCUT2D eigenvalue weighted by atomic mass is 28.3. The Morgan fingerprint density at radius 3 is 1.03 bits per heavy atom. The first-order chi connectivity index (χ1) is 28.3. The van der Waals surface area contributed by atoms with E-state index in [9.17, 15) is 0 Å². The molecule has 2 aliphatic carbocycles. The average molecular weight is 896 g/mol. The summed E-state index contributed by atoms with van der Waals surface area (Å²) in [5.41, 5.74) is 18.7. The van der Waals surface area contributed by atoms with E-state index in [1.54, 1.807) is 54.1 Å². The Balaban J connectivity index is 1.41. The Kier molecular flexibility index (Phi) is 14.2. The molecule has 0 fully saturated rings. The van der Waals surface area contributed by atoms with Crippen molar-refractivity contribution in [2.75, 3.05) is 0 Å². The van der Waals surface area contributed by atoms with Gasteiger partial charge in [-0.15, -0.1) is 0 Å². The van der Waals surface area contributed by atoms with Crippen LogP contribution in [0.4, 0.5) is 0 Å². The number of rotatable bonds is 16. The van der Waals surface area contributed by atoms with Gasteiger partial charge in [0.2, 0.25) is 0 Å². The monoisotopic (exact) mass is 895 g/mol. The minimum Gasteiger partial charge on any atom is -0.0656 e. The molecule has 61 heavy (non-hydrogen) atoms. The summed E-state index contributed by atoms with van der Waals surface area (Å²) in [7, 11) is -5.21. The minimum atomic E-state index is -1.53. The number of fused-ring (bicyclic) bond motifs is 2. The lowest BCUT2D eigenvalue weighted by Crippen LogP contribution is -2.45. The Bertz CT molecular complexity index is 2080. The van der Waals surface area contributed by atoms with Gasteiger partial charge in [-0.3, -0.25) is 0 Å². The molecule has 0 aliphatic heterocycles. The van der Waals surface area contributed by atoms with Gasteiger partial charge >= 0.3 is 0 Å². The molecule has 0 aromatic heterocycles. The largest absolute Gasteiger partial charge is 0.0776 e. The molecule has 0 saturated carbocycles. The van der Waals surface area contributed by atoms with E-state index in [1.807, 2.05) is 0 Å². The van der Waals surface area contributed by atoms with Crippen molar-refractivity contribution in [1.82, 2.24) is 0 Å². The molecular weight excluding hydrogens is 813 g/mol. The van der Waals surface area contributed by atoms with E-state index in [1.165, 1.54) is 71.2 Å². The maximum Gasteiger partial charge on any atom is 0.0776 e. The van der Waals surface area contributed by atoms with Gasteiger partial charge in [0.15, 0.2) is 0 Å². The topological polar surface area (TPSA) is 0 Å². The van der Waals surface area contributed by atoms with Crippen LogP contribution in [0.3, 0.4) is 0 Å². The van der Waals surface area contributed by atoms with Crippen molar-refractivity contribution in [2.24, 2.45) is 0 Å². The van der Waals surface area contributed by atoms with E-state index >= 15 is 0 Å². The zero-order valence-corrected chi connectivity index (χ0v) is 47.0. The molecule has 5 heteroatoms. The third-order valence-corrected chi connectivity index (χ3v) is 23.3. The zero-order valence-electron chi connectivity index (χ0n) is 42.0. The number of hydrogen-bond acceptors (Lipinski definition) is 0. The van der Waals surface area contributed by atoms with Crippen LogP contribution in [0.25, 0.3) is 34.4 Å². The quantitative estimate of drug-likeness (QED) is 0.0983. The van der Waals surface area contributed by atoms with Gasteiger partial charge in [-0.25, -0.2) is 0 Å². The molecule has 2 atom stereocenters. The van der Waals surface area contributed by atoms with Gasteiger partial charge in [-0.05, 0) is 80.3 Å². The van der Waals surface area contributed by atoms with Crippen molar-refractivity contribution in [1.29, 1.82) is 0 Å². The molecule has 0 nitrogen and oxygen atoms in total. The minimum absolute atomic E-state index is 0.475. The molecule has 0 bridgehead atoms. The molecule has 6 rings (SSSR count). The summed E-state index contributed by atoms with van der Waals surface area (Å²) in [6, 6.07) is 28.4. The molecule has 0 heterocycles. The first-order valence-corrected chi connectivity index (χ1v) is 39.5. The van der Waals surface area contributed by atoms with Gasteiger partial charge in [0.1, 0.15) is 0 Å². The highest BCUT2D eigenvalue weighted by molar-refractivity contribution is 6.92. The van der Waals surface area contributed by atoms with Crippen LogP contribution >= 0.6 is 0 Å². The molecule has 2 unspecified atom stereocenters. The van der Waals surface area contributed by atoms with Crippen molar-refractivity contribution < 1.29 is 0 Å². The molecular formula is C56H82Si5. The maximum atomic E-state index is 2.68. The fourth-order valence-corrected chi connectivity index (χ4v) is 16.7. The van der Waals surface area contributed by atoms with Crippen LogP contribution in [-0.2, 0) is 0 Å². The van der Waals surface area contributed by atoms with Crippen molar-refractivity contribution in [2.45, 2.75) is 182 Å². The first kappa shape index (κ1) is 47.9. The second-order valence-electron chi connectivity index (χ2n) is 23.7.